The molecule has 1 aliphatic heterocycles. The number of benzene rings is 1. The number of piperidine rings is 1. The predicted molar refractivity (Wildman–Crippen MR) is 91.6 cm³/mol. The summed E-state index contributed by atoms with van der Waals surface area (Å²) in [4.78, 5) is 2.63. The first-order chi connectivity index (χ1) is 9.84. The van der Waals surface area contributed by atoms with E-state index < -0.39 is 0 Å². The maximum atomic E-state index is 6.01. The number of nitrogens with zero attached hydrogens (tertiary/aromatic N) is 1. The highest BCUT2D eigenvalue weighted by Crippen LogP contribution is 2.33. The van der Waals surface area contributed by atoms with Crippen molar-refractivity contribution < 1.29 is 0 Å². The van der Waals surface area contributed by atoms with Crippen molar-refractivity contribution in [3.63, 3.8) is 0 Å². The van der Waals surface area contributed by atoms with Crippen LogP contribution in [0.3, 0.4) is 0 Å². The molecule has 1 aliphatic rings. The molecule has 0 saturated carbocycles. The molecule has 2 rings (SSSR count). The van der Waals surface area contributed by atoms with E-state index in [1.165, 1.54) is 30.4 Å². The van der Waals surface area contributed by atoms with Crippen LogP contribution in [0.2, 0.25) is 0 Å². The minimum absolute atomic E-state index is 0.222. The monoisotopic (exact) mass is 288 g/mol. The summed E-state index contributed by atoms with van der Waals surface area (Å²) >= 11 is 0. The zero-order valence-electron chi connectivity index (χ0n) is 14.4. The molecule has 3 unspecified atom stereocenters. The molecular weight excluding hydrogens is 256 g/mol. The van der Waals surface area contributed by atoms with E-state index in [4.69, 9.17) is 5.73 Å². The highest BCUT2D eigenvalue weighted by atomic mass is 15.2. The van der Waals surface area contributed by atoms with Gasteiger partial charge in [-0.15, -0.1) is 0 Å². The Morgan fingerprint density at radius 2 is 1.81 bits per heavy atom. The maximum absolute atomic E-state index is 6.01. The summed E-state index contributed by atoms with van der Waals surface area (Å²) in [6.45, 7) is 12.3. The van der Waals surface area contributed by atoms with Gasteiger partial charge in [0.05, 0.1) is 0 Å². The first-order valence-corrected chi connectivity index (χ1v) is 8.42. The van der Waals surface area contributed by atoms with Crippen LogP contribution in [0, 0.1) is 0 Å². The van der Waals surface area contributed by atoms with Crippen molar-refractivity contribution in [1.29, 1.82) is 0 Å². The Labute approximate surface area is 130 Å². The predicted octanol–water partition coefficient (Wildman–Crippen LogP) is 4.25. The van der Waals surface area contributed by atoms with Gasteiger partial charge in [0, 0.05) is 24.7 Å². The van der Waals surface area contributed by atoms with Crippen LogP contribution >= 0.6 is 0 Å². The van der Waals surface area contributed by atoms with Crippen LogP contribution in [-0.2, 0) is 5.41 Å². The van der Waals surface area contributed by atoms with Crippen molar-refractivity contribution in [3.8, 4) is 0 Å². The zero-order chi connectivity index (χ0) is 15.6. The standard InChI is InChI=1S/C19H32N2/c1-14-7-6-8-18(13-20)21(14)15(2)16-9-11-17(12-10-16)19(3,4)5/h9-12,14-15,18H,6-8,13,20H2,1-5H3. The second kappa shape index (κ2) is 6.50. The minimum Gasteiger partial charge on any atom is -0.329 e. The molecule has 1 saturated heterocycles. The van der Waals surface area contributed by atoms with Crippen LogP contribution in [0.25, 0.3) is 0 Å². The Morgan fingerprint density at radius 3 is 2.33 bits per heavy atom. The Kier molecular flexibility index (Phi) is 5.11. The molecule has 2 nitrogen and oxygen atoms in total. The van der Waals surface area contributed by atoms with Gasteiger partial charge >= 0.3 is 0 Å². The molecule has 3 atom stereocenters. The Morgan fingerprint density at radius 1 is 1.19 bits per heavy atom. The maximum Gasteiger partial charge on any atom is 0.0326 e. The fourth-order valence-corrected chi connectivity index (χ4v) is 3.68. The summed E-state index contributed by atoms with van der Waals surface area (Å²) in [5, 5.41) is 0. The van der Waals surface area contributed by atoms with Gasteiger partial charge in [-0.05, 0) is 43.2 Å². The number of likely N-dealkylation sites (tertiary alicyclic amines) is 1. The normalized spacial score (nSPS) is 25.8. The number of hydrogen-bond acceptors (Lipinski definition) is 2. The highest BCUT2D eigenvalue weighted by molar-refractivity contribution is 5.29. The summed E-state index contributed by atoms with van der Waals surface area (Å²) in [5.41, 5.74) is 9.05. The first kappa shape index (κ1) is 16.5. The van der Waals surface area contributed by atoms with Gasteiger partial charge in [-0.2, -0.15) is 0 Å². The Balaban J connectivity index is 2.20. The smallest absolute Gasteiger partial charge is 0.0326 e. The lowest BCUT2D eigenvalue weighted by atomic mass is 9.85. The van der Waals surface area contributed by atoms with Crippen molar-refractivity contribution in [2.75, 3.05) is 6.54 Å². The zero-order valence-corrected chi connectivity index (χ0v) is 14.4. The highest BCUT2D eigenvalue weighted by Gasteiger charge is 2.31. The molecule has 0 spiro atoms. The SMILES string of the molecule is CC1CCCC(CN)N1C(C)c1ccc(C(C)(C)C)cc1. The van der Waals surface area contributed by atoms with Gasteiger partial charge in [0.1, 0.15) is 0 Å². The van der Waals surface area contributed by atoms with E-state index in [1.807, 2.05) is 0 Å². The third kappa shape index (κ3) is 3.67. The molecule has 2 heteroatoms. The average Bonchev–Trinajstić information content (AvgIpc) is 2.45. The largest absolute Gasteiger partial charge is 0.329 e. The molecule has 2 N–H and O–H groups in total. The fourth-order valence-electron chi connectivity index (χ4n) is 3.68. The van der Waals surface area contributed by atoms with Crippen LogP contribution < -0.4 is 5.73 Å². The lowest BCUT2D eigenvalue weighted by molar-refractivity contribution is 0.0570. The van der Waals surface area contributed by atoms with Gasteiger partial charge in [0.2, 0.25) is 0 Å². The summed E-state index contributed by atoms with van der Waals surface area (Å²) < 4.78 is 0. The van der Waals surface area contributed by atoms with Gasteiger partial charge in [-0.25, -0.2) is 0 Å². The topological polar surface area (TPSA) is 29.3 Å². The van der Waals surface area contributed by atoms with Crippen LogP contribution in [0.5, 0.6) is 0 Å². The Bertz CT molecular complexity index is 444. The second-order valence-electron chi connectivity index (χ2n) is 7.66. The molecule has 1 fully saturated rings. The lowest BCUT2D eigenvalue weighted by Crippen LogP contribution is -2.49. The number of nitrogens with two attached hydrogens (primary N) is 1. The quantitative estimate of drug-likeness (QED) is 0.901. The average molecular weight is 288 g/mol. The fraction of sp³-hybridized carbons (Fsp3) is 0.684. The van der Waals surface area contributed by atoms with Crippen LogP contribution in [-0.4, -0.2) is 23.5 Å². The van der Waals surface area contributed by atoms with Gasteiger partial charge in [-0.3, -0.25) is 4.90 Å². The van der Waals surface area contributed by atoms with Crippen LogP contribution in [0.1, 0.15) is 71.0 Å². The van der Waals surface area contributed by atoms with Crippen LogP contribution in [0.4, 0.5) is 0 Å². The van der Waals surface area contributed by atoms with E-state index in [2.05, 4.69) is 63.8 Å². The van der Waals surface area contributed by atoms with E-state index in [1.54, 1.807) is 0 Å². The van der Waals surface area contributed by atoms with Gasteiger partial charge < -0.3 is 5.73 Å². The van der Waals surface area contributed by atoms with E-state index in [0.29, 0.717) is 18.1 Å². The van der Waals surface area contributed by atoms with E-state index in [0.717, 1.165) is 6.54 Å². The van der Waals surface area contributed by atoms with Gasteiger partial charge in [0.25, 0.3) is 0 Å². The van der Waals surface area contributed by atoms with Gasteiger partial charge in [0.15, 0.2) is 0 Å². The summed E-state index contributed by atoms with van der Waals surface area (Å²) in [6.07, 6.45) is 3.85. The minimum atomic E-state index is 0.222. The van der Waals surface area contributed by atoms with E-state index in [9.17, 15) is 0 Å². The molecule has 0 amide bonds. The lowest BCUT2D eigenvalue weighted by Gasteiger charge is -2.44. The van der Waals surface area contributed by atoms with Crippen molar-refractivity contribution >= 4 is 0 Å². The summed E-state index contributed by atoms with van der Waals surface area (Å²) in [6, 6.07) is 10.8. The molecule has 1 aromatic rings. The molecule has 1 heterocycles. The number of rotatable bonds is 3. The van der Waals surface area contributed by atoms with Crippen molar-refractivity contribution in [2.24, 2.45) is 5.73 Å². The first-order valence-electron chi connectivity index (χ1n) is 8.42. The molecule has 0 radical (unpaired) electrons. The third-order valence-electron chi connectivity index (χ3n) is 5.07. The molecule has 0 aromatic heterocycles. The van der Waals surface area contributed by atoms with Crippen LogP contribution in [0.15, 0.2) is 24.3 Å². The molecule has 1 aromatic carbocycles. The van der Waals surface area contributed by atoms with E-state index in [-0.39, 0.29) is 5.41 Å². The van der Waals surface area contributed by atoms with Crippen molar-refractivity contribution in [3.05, 3.63) is 35.4 Å². The Hall–Kier alpha value is -0.860. The number of hydrogen-bond donors (Lipinski definition) is 1. The van der Waals surface area contributed by atoms with Crippen molar-refractivity contribution in [1.82, 2.24) is 4.90 Å². The molecule has 0 aliphatic carbocycles. The molecule has 0 bridgehead atoms. The summed E-state index contributed by atoms with van der Waals surface area (Å²) in [5.74, 6) is 0. The second-order valence-corrected chi connectivity index (χ2v) is 7.66. The third-order valence-corrected chi connectivity index (χ3v) is 5.07. The summed E-state index contributed by atoms with van der Waals surface area (Å²) in [7, 11) is 0. The molecule has 118 valence electrons. The van der Waals surface area contributed by atoms with Crippen molar-refractivity contribution in [2.45, 2.75) is 77.4 Å². The van der Waals surface area contributed by atoms with E-state index >= 15 is 0 Å². The molecular formula is C19H32N2. The van der Waals surface area contributed by atoms with Gasteiger partial charge in [-0.1, -0.05) is 51.5 Å². The molecule has 21 heavy (non-hydrogen) atoms.